The molecule has 6 heteroatoms. The second-order valence-electron chi connectivity index (χ2n) is 5.08. The van der Waals surface area contributed by atoms with Crippen LogP contribution >= 0.6 is 0 Å². The molecule has 0 aliphatic heterocycles. The standard InChI is InChI=1S/C14H21N3O2S/c1-12-10-13(11-15)6-7-14(12)20(18,19)17(4)9-5-8-16(2)3/h6-7,10H,5,8-9H2,1-4H3. The van der Waals surface area contributed by atoms with Crippen LogP contribution in [-0.2, 0) is 10.0 Å². The summed E-state index contributed by atoms with van der Waals surface area (Å²) in [6.07, 6.45) is 0.776. The van der Waals surface area contributed by atoms with Gasteiger partial charge in [-0.05, 0) is 57.7 Å². The molecule has 0 radical (unpaired) electrons. The molecule has 1 rings (SSSR count). The molecule has 0 bridgehead atoms. The van der Waals surface area contributed by atoms with Gasteiger partial charge in [0.05, 0.1) is 16.5 Å². The lowest BCUT2D eigenvalue weighted by Gasteiger charge is -2.19. The van der Waals surface area contributed by atoms with Gasteiger partial charge in [-0.15, -0.1) is 0 Å². The molecule has 0 aliphatic carbocycles. The van der Waals surface area contributed by atoms with E-state index in [2.05, 4.69) is 0 Å². The maximum Gasteiger partial charge on any atom is 0.243 e. The number of nitriles is 1. The van der Waals surface area contributed by atoms with E-state index in [0.717, 1.165) is 13.0 Å². The predicted octanol–water partition coefficient (Wildman–Crippen LogP) is 1.44. The summed E-state index contributed by atoms with van der Waals surface area (Å²) < 4.78 is 26.3. The summed E-state index contributed by atoms with van der Waals surface area (Å²) in [5.74, 6) is 0. The number of rotatable bonds is 6. The van der Waals surface area contributed by atoms with Gasteiger partial charge < -0.3 is 4.90 Å². The van der Waals surface area contributed by atoms with Crippen LogP contribution in [0.15, 0.2) is 23.1 Å². The molecule has 0 N–H and O–H groups in total. The zero-order valence-corrected chi connectivity index (χ0v) is 13.2. The lowest BCUT2D eigenvalue weighted by molar-refractivity contribution is 0.370. The summed E-state index contributed by atoms with van der Waals surface area (Å²) in [5.41, 5.74) is 1.07. The molecule has 0 amide bonds. The van der Waals surface area contributed by atoms with Gasteiger partial charge in [-0.2, -0.15) is 5.26 Å². The summed E-state index contributed by atoms with van der Waals surface area (Å²) in [6, 6.07) is 6.65. The lowest BCUT2D eigenvalue weighted by atomic mass is 10.2. The Hall–Kier alpha value is -1.42. The smallest absolute Gasteiger partial charge is 0.243 e. The molecular weight excluding hydrogens is 274 g/mol. The zero-order valence-electron chi connectivity index (χ0n) is 12.4. The summed E-state index contributed by atoms with van der Waals surface area (Å²) in [7, 11) is 2.01. The van der Waals surface area contributed by atoms with Crippen LogP contribution in [0.4, 0.5) is 0 Å². The van der Waals surface area contributed by atoms with E-state index in [1.807, 2.05) is 25.1 Å². The van der Waals surface area contributed by atoms with Crippen molar-refractivity contribution in [3.63, 3.8) is 0 Å². The fourth-order valence-electron chi connectivity index (χ4n) is 1.91. The third-order valence-electron chi connectivity index (χ3n) is 3.07. The lowest BCUT2D eigenvalue weighted by Crippen LogP contribution is -2.30. The molecule has 0 fully saturated rings. The number of sulfonamides is 1. The number of hydrogen-bond donors (Lipinski definition) is 0. The highest BCUT2D eigenvalue weighted by Gasteiger charge is 2.22. The minimum Gasteiger partial charge on any atom is -0.309 e. The number of nitrogens with zero attached hydrogens (tertiary/aromatic N) is 3. The summed E-state index contributed by atoms with van der Waals surface area (Å²) in [5, 5.41) is 8.82. The Morgan fingerprint density at radius 1 is 1.20 bits per heavy atom. The topological polar surface area (TPSA) is 64.4 Å². The first-order valence-electron chi connectivity index (χ1n) is 6.41. The van der Waals surface area contributed by atoms with Crippen molar-refractivity contribution in [1.82, 2.24) is 9.21 Å². The Balaban J connectivity index is 2.91. The molecule has 0 atom stereocenters. The van der Waals surface area contributed by atoms with Crippen LogP contribution in [0, 0.1) is 18.3 Å². The highest BCUT2D eigenvalue weighted by atomic mass is 32.2. The highest BCUT2D eigenvalue weighted by molar-refractivity contribution is 7.89. The van der Waals surface area contributed by atoms with Gasteiger partial charge in [0.15, 0.2) is 0 Å². The first kappa shape index (κ1) is 16.6. The first-order valence-corrected chi connectivity index (χ1v) is 7.85. The van der Waals surface area contributed by atoms with E-state index in [1.54, 1.807) is 20.0 Å². The van der Waals surface area contributed by atoms with Gasteiger partial charge in [0.2, 0.25) is 10.0 Å². The summed E-state index contributed by atoms with van der Waals surface area (Å²) >= 11 is 0. The van der Waals surface area contributed by atoms with E-state index in [4.69, 9.17) is 5.26 Å². The van der Waals surface area contributed by atoms with Crippen LogP contribution in [0.5, 0.6) is 0 Å². The van der Waals surface area contributed by atoms with E-state index in [1.165, 1.54) is 16.4 Å². The SMILES string of the molecule is Cc1cc(C#N)ccc1S(=O)(=O)N(C)CCCN(C)C. The van der Waals surface area contributed by atoms with Crippen molar-refractivity contribution in [2.45, 2.75) is 18.2 Å². The van der Waals surface area contributed by atoms with Crippen LogP contribution in [0.1, 0.15) is 17.5 Å². The second kappa shape index (κ2) is 6.84. The monoisotopic (exact) mass is 295 g/mol. The maximum atomic E-state index is 12.5. The van der Waals surface area contributed by atoms with Gasteiger partial charge >= 0.3 is 0 Å². The third-order valence-corrected chi connectivity index (χ3v) is 5.09. The average Bonchev–Trinajstić information content (AvgIpc) is 2.37. The molecule has 0 heterocycles. The van der Waals surface area contributed by atoms with Gasteiger partial charge in [0, 0.05) is 13.6 Å². The third kappa shape index (κ3) is 4.04. The molecule has 110 valence electrons. The number of aryl methyl sites for hydroxylation is 1. The van der Waals surface area contributed by atoms with Gasteiger partial charge in [-0.1, -0.05) is 0 Å². The van der Waals surface area contributed by atoms with Crippen LogP contribution < -0.4 is 0 Å². The minimum absolute atomic E-state index is 0.267. The average molecular weight is 295 g/mol. The Bertz CT molecular complexity index is 603. The molecule has 5 nitrogen and oxygen atoms in total. The number of benzene rings is 1. The Labute approximate surface area is 121 Å². The van der Waals surface area contributed by atoms with Crippen LogP contribution in [0.2, 0.25) is 0 Å². The van der Waals surface area contributed by atoms with E-state index in [0.29, 0.717) is 17.7 Å². The quantitative estimate of drug-likeness (QED) is 0.796. The van der Waals surface area contributed by atoms with Gasteiger partial charge in [0.25, 0.3) is 0 Å². The van der Waals surface area contributed by atoms with Gasteiger partial charge in [-0.3, -0.25) is 0 Å². The van der Waals surface area contributed by atoms with E-state index in [-0.39, 0.29) is 4.90 Å². The maximum absolute atomic E-state index is 12.5. The molecule has 0 aliphatic rings. The van der Waals surface area contributed by atoms with Gasteiger partial charge in [-0.25, -0.2) is 12.7 Å². The molecule has 0 saturated carbocycles. The fraction of sp³-hybridized carbons (Fsp3) is 0.500. The van der Waals surface area contributed by atoms with Crippen molar-refractivity contribution in [1.29, 1.82) is 5.26 Å². The van der Waals surface area contributed by atoms with Crippen LogP contribution in [-0.4, -0.2) is 51.9 Å². The van der Waals surface area contributed by atoms with Crippen LogP contribution in [0.25, 0.3) is 0 Å². The van der Waals surface area contributed by atoms with E-state index < -0.39 is 10.0 Å². The zero-order chi connectivity index (χ0) is 15.3. The summed E-state index contributed by atoms with van der Waals surface area (Å²) in [4.78, 5) is 2.29. The second-order valence-corrected chi connectivity index (χ2v) is 7.09. The fourth-order valence-corrected chi connectivity index (χ4v) is 3.32. The van der Waals surface area contributed by atoms with Crippen molar-refractivity contribution in [3.8, 4) is 6.07 Å². The Morgan fingerprint density at radius 3 is 2.35 bits per heavy atom. The number of hydrogen-bond acceptors (Lipinski definition) is 4. The van der Waals surface area contributed by atoms with Crippen molar-refractivity contribution in [2.24, 2.45) is 0 Å². The van der Waals surface area contributed by atoms with Crippen molar-refractivity contribution >= 4 is 10.0 Å². The van der Waals surface area contributed by atoms with Crippen molar-refractivity contribution < 1.29 is 8.42 Å². The molecule has 0 unspecified atom stereocenters. The van der Waals surface area contributed by atoms with E-state index in [9.17, 15) is 8.42 Å². The largest absolute Gasteiger partial charge is 0.309 e. The molecule has 0 aromatic heterocycles. The molecule has 0 saturated heterocycles. The molecular formula is C14H21N3O2S. The normalized spacial score (nSPS) is 11.8. The minimum atomic E-state index is -3.49. The summed E-state index contributed by atoms with van der Waals surface area (Å²) in [6.45, 7) is 3.02. The van der Waals surface area contributed by atoms with Crippen molar-refractivity contribution in [2.75, 3.05) is 34.2 Å². The van der Waals surface area contributed by atoms with Crippen LogP contribution in [0.3, 0.4) is 0 Å². The molecule has 1 aromatic carbocycles. The predicted molar refractivity (Wildman–Crippen MR) is 78.9 cm³/mol. The van der Waals surface area contributed by atoms with Crippen molar-refractivity contribution in [3.05, 3.63) is 29.3 Å². The first-order chi connectivity index (χ1) is 9.28. The van der Waals surface area contributed by atoms with Gasteiger partial charge in [0.1, 0.15) is 0 Å². The molecule has 20 heavy (non-hydrogen) atoms. The Morgan fingerprint density at radius 2 is 1.85 bits per heavy atom. The molecule has 0 spiro atoms. The molecule has 1 aromatic rings. The highest BCUT2D eigenvalue weighted by Crippen LogP contribution is 2.20. The Kier molecular flexibility index (Phi) is 5.69. The van der Waals surface area contributed by atoms with E-state index >= 15 is 0 Å².